The molecule has 0 atom stereocenters. The summed E-state index contributed by atoms with van der Waals surface area (Å²) < 4.78 is 144. The summed E-state index contributed by atoms with van der Waals surface area (Å²) >= 11 is 0. The largest absolute Gasteiger partial charge is 0.493 e. The van der Waals surface area contributed by atoms with E-state index in [1.165, 1.54) is 81.5 Å². The van der Waals surface area contributed by atoms with E-state index in [1.807, 2.05) is 18.2 Å². The zero-order valence-electron chi connectivity index (χ0n) is 65.9. The first-order valence-corrected chi connectivity index (χ1v) is 37.0. The number of hydrogen-bond donors (Lipinski definition) is 15. The summed E-state index contributed by atoms with van der Waals surface area (Å²) in [6.07, 6.45) is 0.865. The molecule has 638 valence electrons. The van der Waals surface area contributed by atoms with Crippen LogP contribution >= 0.6 is 0 Å². The van der Waals surface area contributed by atoms with Gasteiger partial charge in [-0.05, 0) is 90.0 Å². The van der Waals surface area contributed by atoms with Crippen molar-refractivity contribution in [2.45, 2.75) is 19.3 Å². The summed E-state index contributed by atoms with van der Waals surface area (Å²) in [5.74, 6) is 0.395. The number of anilines is 6. The lowest BCUT2D eigenvalue weighted by Crippen LogP contribution is -2.35. The second kappa shape index (κ2) is 37.5. The van der Waals surface area contributed by atoms with Crippen LogP contribution in [0.2, 0.25) is 0 Å². The third-order valence-electron chi connectivity index (χ3n) is 18.7. The maximum absolute atomic E-state index is 14.1. The van der Waals surface area contributed by atoms with Crippen molar-refractivity contribution in [3.63, 3.8) is 0 Å². The van der Waals surface area contributed by atoms with Gasteiger partial charge in [0.25, 0.3) is 5.91 Å². The monoisotopic (exact) mass is 1710 g/mol. The van der Waals surface area contributed by atoms with Crippen LogP contribution in [-0.2, 0) is 24.0 Å². The van der Waals surface area contributed by atoms with Crippen molar-refractivity contribution in [3.05, 3.63) is 216 Å². The number of aromatic amines is 8. The molecule has 7 amide bonds. The minimum absolute atomic E-state index is 0.138. The number of imidazole rings is 4. The number of H-pyrrole nitrogens is 8. The highest BCUT2D eigenvalue weighted by Crippen LogP contribution is 2.39. The Morgan fingerprint density at radius 2 is 0.815 bits per heavy atom. The van der Waals surface area contributed by atoms with Gasteiger partial charge in [-0.25, -0.2) is 56.3 Å². The standard InChI is InChI=1S/C23H20F4N6O2.C20H19FN6O3.C19H16F2N6O3.C19H17FN6O3/c24-16-3-2-14(23(25,26)27)10-15(16)22(34)31-19-11-28-32-20(19)21-29-17-4-1-13(9-18(17)30-21)12-33-5-7-35-8-6-33;1-29-16-7-13-14(8-17(16)30-2)25-19(24-13)18-15(10-23-27-18)26-20(28)22-9-11-3-5-12(21)6-4-11;1-29-14-6-11-12(7-15(14)30-2)24-18(23-11)17-13(8-22-27-17)25-19(28)26-16-9(20)4-3-5-10(16)21;1-28-15-7-12-13(8-16(15)29-2)24-18(23-12)17-14(9-21-26-17)25-19(27)22-11-5-3-10(20)4-6-11/h1-4,9-11H,5-8,12H2,(H,28,32)(H,29,30)(H,31,34);3-8,10H,9H2,1-2H3,(H,23,27)(H,24,25)(H2,22,26,28);3-8H,1-2H3,(H,22,27)(H,23,24)(H2,25,26,28);3-9H,1-2H3,(H,21,26)(H,23,24)(H2,22,25,27). The molecule has 1 aliphatic rings. The Morgan fingerprint density at radius 1 is 0.419 bits per heavy atom. The van der Waals surface area contributed by atoms with Crippen LogP contribution in [0.1, 0.15) is 27.0 Å². The molecule has 17 rings (SSSR count). The number of methoxy groups -OCH3 is 6. The summed E-state index contributed by atoms with van der Waals surface area (Å²) in [6, 6.07) is 30.8. The molecule has 0 bridgehead atoms. The number of amides is 7. The number of alkyl halides is 3. The fourth-order valence-electron chi connectivity index (χ4n) is 12.6. The number of hydrogen-bond acceptors (Lipinski definition) is 20. The van der Waals surface area contributed by atoms with Crippen LogP contribution in [0.25, 0.3) is 90.2 Å². The molecule has 0 saturated carbocycles. The number of morpholine rings is 1. The van der Waals surface area contributed by atoms with E-state index in [-0.39, 0.29) is 29.6 Å². The third-order valence-corrected chi connectivity index (χ3v) is 18.7. The molecule has 43 heteroatoms. The fourth-order valence-corrected chi connectivity index (χ4v) is 12.6. The van der Waals surface area contributed by atoms with Crippen molar-refractivity contribution in [2.75, 3.05) is 101 Å². The van der Waals surface area contributed by atoms with E-state index in [0.29, 0.717) is 157 Å². The number of aromatic nitrogens is 16. The van der Waals surface area contributed by atoms with Crippen LogP contribution in [-0.4, -0.2) is 179 Å². The average molecular weight is 1710 g/mol. The molecular weight excluding hydrogens is 1640 g/mol. The van der Waals surface area contributed by atoms with Gasteiger partial charge in [0.2, 0.25) is 0 Å². The van der Waals surface area contributed by atoms with Crippen molar-refractivity contribution in [1.82, 2.24) is 90.9 Å². The number of nitrogens with one attached hydrogen (secondary N) is 15. The predicted octanol–water partition coefficient (Wildman–Crippen LogP) is 15.3. The highest BCUT2D eigenvalue weighted by molar-refractivity contribution is 6.07. The molecule has 0 unspecified atom stereocenters. The lowest BCUT2D eigenvalue weighted by atomic mass is 10.1. The molecule has 8 aromatic carbocycles. The molecule has 1 aliphatic heterocycles. The number of rotatable bonds is 21. The summed E-state index contributed by atoms with van der Waals surface area (Å²) in [5.41, 5.74) is 8.37. The number of urea groups is 3. The minimum atomic E-state index is -4.71. The van der Waals surface area contributed by atoms with Gasteiger partial charge < -0.3 is 90.3 Å². The SMILES string of the molecule is COc1cc2nc(-c3[nH]ncc3NC(=O)NCc3ccc(F)cc3)[nH]c2cc1OC.COc1cc2nc(-c3[nH]ncc3NC(=O)Nc3c(F)cccc3F)[nH]c2cc1OC.COc1cc2nc(-c3[nH]ncc3NC(=O)Nc3ccc(F)cc3)[nH]c2cc1OC.O=C(Nc1cn[nH]c1-c1nc2ccc(CN3CCOCC3)cc2[nH]1)c1cc(C(F)(F)F)ccc1F. The number of nitrogens with zero attached hydrogens (tertiary/aromatic N) is 9. The molecule has 1 fully saturated rings. The smallest absolute Gasteiger partial charge is 0.416 e. The van der Waals surface area contributed by atoms with E-state index in [2.05, 4.69) is 123 Å². The Kier molecular flexibility index (Phi) is 25.5. The summed E-state index contributed by atoms with van der Waals surface area (Å²) in [6.45, 7) is 4.14. The van der Waals surface area contributed by atoms with Gasteiger partial charge in [-0.15, -0.1) is 0 Å². The van der Waals surface area contributed by atoms with Gasteiger partial charge in [0.15, 0.2) is 57.8 Å². The van der Waals surface area contributed by atoms with E-state index in [1.54, 1.807) is 77.0 Å². The maximum Gasteiger partial charge on any atom is 0.416 e. The Bertz CT molecular complexity index is 6370. The van der Waals surface area contributed by atoms with Gasteiger partial charge >= 0.3 is 24.3 Å². The van der Waals surface area contributed by atoms with Crippen LogP contribution in [0.3, 0.4) is 0 Å². The molecule has 124 heavy (non-hydrogen) atoms. The summed E-state index contributed by atoms with van der Waals surface area (Å²) in [7, 11) is 9.26. The highest BCUT2D eigenvalue weighted by Gasteiger charge is 2.33. The van der Waals surface area contributed by atoms with E-state index in [0.717, 1.165) is 59.4 Å². The van der Waals surface area contributed by atoms with Crippen LogP contribution in [0.15, 0.2) is 164 Å². The fraction of sp³-hybridized carbons (Fsp3) is 0.160. The normalized spacial score (nSPS) is 12.0. The van der Waals surface area contributed by atoms with Gasteiger partial charge in [0, 0.05) is 68.3 Å². The molecule has 1 saturated heterocycles. The first-order valence-electron chi connectivity index (χ1n) is 37.0. The van der Waals surface area contributed by atoms with E-state index < -0.39 is 64.4 Å². The van der Waals surface area contributed by atoms with Gasteiger partial charge in [0.1, 0.15) is 57.5 Å². The topological polar surface area (TPSA) is 450 Å². The number of para-hydroxylation sites is 1. The van der Waals surface area contributed by atoms with Crippen LogP contribution in [0.5, 0.6) is 34.5 Å². The van der Waals surface area contributed by atoms with E-state index in [4.69, 9.17) is 33.2 Å². The Morgan fingerprint density at radius 3 is 1.26 bits per heavy atom. The zero-order chi connectivity index (χ0) is 87.3. The highest BCUT2D eigenvalue weighted by atomic mass is 19.4. The van der Waals surface area contributed by atoms with Gasteiger partial charge in [-0.1, -0.05) is 24.3 Å². The number of halogens is 8. The number of carbonyl (C=O) groups is 4. The van der Waals surface area contributed by atoms with Gasteiger partial charge in [0.05, 0.1) is 159 Å². The second-order valence-corrected chi connectivity index (χ2v) is 26.7. The molecule has 16 aromatic rings. The molecule has 9 heterocycles. The van der Waals surface area contributed by atoms with Gasteiger partial charge in [-0.3, -0.25) is 30.1 Å². The molecule has 35 nitrogen and oxygen atoms in total. The van der Waals surface area contributed by atoms with Crippen LogP contribution in [0.4, 0.5) is 83.6 Å². The quantitative estimate of drug-likeness (QED) is 0.0297. The molecule has 0 spiro atoms. The minimum Gasteiger partial charge on any atom is -0.493 e. The molecule has 8 aromatic heterocycles. The first kappa shape index (κ1) is 84.4. The Hall–Kier alpha value is -16.1. The van der Waals surface area contributed by atoms with E-state index >= 15 is 0 Å². The molecule has 0 aliphatic carbocycles. The second-order valence-electron chi connectivity index (χ2n) is 26.7. The summed E-state index contributed by atoms with van der Waals surface area (Å²) in [5, 5.41) is 44.7. The van der Waals surface area contributed by atoms with Crippen LogP contribution in [0, 0.1) is 29.1 Å². The predicted molar refractivity (Wildman–Crippen MR) is 440 cm³/mol. The first-order chi connectivity index (χ1) is 59.9. The number of benzene rings is 8. The Balaban J connectivity index is 0.000000135. The van der Waals surface area contributed by atoms with Gasteiger partial charge in [-0.2, -0.15) is 33.6 Å². The molecule has 0 radical (unpaired) electrons. The van der Waals surface area contributed by atoms with Crippen molar-refractivity contribution < 1.29 is 87.5 Å². The summed E-state index contributed by atoms with van der Waals surface area (Å²) in [4.78, 5) is 82.3. The lowest BCUT2D eigenvalue weighted by molar-refractivity contribution is -0.137. The number of ether oxygens (including phenoxy) is 7. The van der Waals surface area contributed by atoms with Crippen LogP contribution < -0.4 is 65.6 Å². The number of carbonyl (C=O) groups excluding carboxylic acids is 4. The van der Waals surface area contributed by atoms with E-state index in [9.17, 15) is 54.3 Å². The Labute approximate surface area is 694 Å². The average Bonchev–Trinajstić information content (AvgIpc) is 1.62. The number of fused-ring (bicyclic) bond motifs is 4. The third kappa shape index (κ3) is 19.8. The zero-order valence-corrected chi connectivity index (χ0v) is 65.9. The molecule has 15 N–H and O–H groups in total. The molecular formula is C81H72F8N24O11. The van der Waals surface area contributed by atoms with Crippen molar-refractivity contribution in [1.29, 1.82) is 0 Å². The van der Waals surface area contributed by atoms with Crippen molar-refractivity contribution >= 4 is 102 Å². The maximum atomic E-state index is 14.1. The lowest BCUT2D eigenvalue weighted by Gasteiger charge is -2.26. The van der Waals surface area contributed by atoms with Crippen molar-refractivity contribution in [3.8, 4) is 80.6 Å². The van der Waals surface area contributed by atoms with Crippen molar-refractivity contribution in [2.24, 2.45) is 0 Å².